The summed E-state index contributed by atoms with van der Waals surface area (Å²) in [6, 6.07) is 8.78. The predicted octanol–water partition coefficient (Wildman–Crippen LogP) is 2.08. The number of rotatable bonds is 5. The van der Waals surface area contributed by atoms with Crippen LogP contribution in [0.15, 0.2) is 45.1 Å². The highest BCUT2D eigenvalue weighted by Crippen LogP contribution is 2.23. The Morgan fingerprint density at radius 2 is 1.97 bits per heavy atom. The van der Waals surface area contributed by atoms with Crippen molar-refractivity contribution in [3.05, 3.63) is 68.1 Å². The van der Waals surface area contributed by atoms with E-state index in [0.717, 1.165) is 0 Å². The molecule has 0 atom stereocenters. The lowest BCUT2D eigenvalue weighted by atomic mass is 10.1. The molecule has 0 fully saturated rings. The van der Waals surface area contributed by atoms with Crippen molar-refractivity contribution in [3.63, 3.8) is 0 Å². The molecule has 1 aromatic carbocycles. The van der Waals surface area contributed by atoms with Crippen molar-refractivity contribution in [2.45, 2.75) is 31.3 Å². The van der Waals surface area contributed by atoms with Gasteiger partial charge in [0.25, 0.3) is 11.1 Å². The number of aryl methyl sites for hydroxylation is 2. The number of thioether (sulfide) groups is 1. The molecule has 0 aliphatic heterocycles. The van der Waals surface area contributed by atoms with E-state index in [0.29, 0.717) is 45.7 Å². The number of pyridine rings is 1. The molecule has 11 nitrogen and oxygen atoms in total. The van der Waals surface area contributed by atoms with Gasteiger partial charge in [-0.3, -0.25) is 18.6 Å². The van der Waals surface area contributed by atoms with Crippen LogP contribution in [0.4, 0.5) is 0 Å². The lowest BCUT2D eigenvalue weighted by Gasteiger charge is -2.09. The zero-order valence-corrected chi connectivity index (χ0v) is 19.3. The van der Waals surface area contributed by atoms with Crippen LogP contribution in [0.3, 0.4) is 0 Å². The van der Waals surface area contributed by atoms with Crippen LogP contribution in [-0.4, -0.2) is 47.2 Å². The third-order valence-electron chi connectivity index (χ3n) is 5.42. The Morgan fingerprint density at radius 1 is 1.18 bits per heavy atom. The molecular weight excluding hydrogens is 458 g/mol. The zero-order valence-electron chi connectivity index (χ0n) is 18.5. The van der Waals surface area contributed by atoms with Crippen molar-refractivity contribution in [1.29, 1.82) is 0 Å². The molecule has 0 saturated carbocycles. The summed E-state index contributed by atoms with van der Waals surface area (Å²) in [5, 5.41) is 9.49. The Bertz CT molecular complexity index is 1720. The van der Waals surface area contributed by atoms with Gasteiger partial charge in [0.15, 0.2) is 10.8 Å². The number of para-hydroxylation sites is 1. The standard InChI is InChI=1S/C22H19N7O4S/c1-4-28-19(31)12-7-5-6-8-14(12)29-15(26-27-22(28)29)10-34-21-24-17-16(18(30)25-21)13(20(32)33-3)9-11(2)23-17/h5-9H,4,10H2,1-3H3,(H,23,24,25,30). The summed E-state index contributed by atoms with van der Waals surface area (Å²) >= 11 is 1.24. The molecule has 1 N–H and O–H groups in total. The number of hydrogen-bond acceptors (Lipinski definition) is 9. The number of carbonyl (C=O) groups is 1. The van der Waals surface area contributed by atoms with E-state index < -0.39 is 11.5 Å². The fourth-order valence-electron chi connectivity index (χ4n) is 3.91. The van der Waals surface area contributed by atoms with Crippen molar-refractivity contribution in [3.8, 4) is 0 Å². The van der Waals surface area contributed by atoms with E-state index in [2.05, 4.69) is 25.1 Å². The first-order chi connectivity index (χ1) is 16.4. The smallest absolute Gasteiger partial charge is 0.338 e. The van der Waals surface area contributed by atoms with E-state index >= 15 is 0 Å². The van der Waals surface area contributed by atoms with Crippen LogP contribution in [-0.2, 0) is 17.0 Å². The van der Waals surface area contributed by atoms with E-state index in [1.165, 1.54) is 24.9 Å². The molecule has 172 valence electrons. The molecule has 34 heavy (non-hydrogen) atoms. The highest BCUT2D eigenvalue weighted by Gasteiger charge is 2.19. The van der Waals surface area contributed by atoms with Gasteiger partial charge in [-0.05, 0) is 32.0 Å². The summed E-state index contributed by atoms with van der Waals surface area (Å²) in [6.45, 7) is 4.04. The first-order valence-electron chi connectivity index (χ1n) is 10.4. The minimum atomic E-state index is -0.632. The highest BCUT2D eigenvalue weighted by atomic mass is 32.2. The van der Waals surface area contributed by atoms with Crippen molar-refractivity contribution >= 4 is 45.4 Å². The Hall–Kier alpha value is -4.06. The Morgan fingerprint density at radius 3 is 2.74 bits per heavy atom. The first kappa shape index (κ1) is 21.8. The maximum Gasteiger partial charge on any atom is 0.338 e. The van der Waals surface area contributed by atoms with Crippen LogP contribution in [0.25, 0.3) is 27.7 Å². The Balaban J connectivity index is 1.59. The minimum absolute atomic E-state index is 0.0766. The van der Waals surface area contributed by atoms with Crippen molar-refractivity contribution in [2.24, 2.45) is 0 Å². The number of benzene rings is 1. The molecule has 5 rings (SSSR count). The summed E-state index contributed by atoms with van der Waals surface area (Å²) in [7, 11) is 1.25. The number of aromatic nitrogens is 7. The lowest BCUT2D eigenvalue weighted by molar-refractivity contribution is 0.0602. The molecular formula is C22H19N7O4S. The molecule has 4 heterocycles. The Labute approximate surface area is 195 Å². The number of aromatic amines is 1. The van der Waals surface area contributed by atoms with Gasteiger partial charge in [-0.15, -0.1) is 10.2 Å². The molecule has 0 amide bonds. The van der Waals surface area contributed by atoms with Crippen LogP contribution >= 0.6 is 11.8 Å². The van der Waals surface area contributed by atoms with Crippen molar-refractivity contribution in [2.75, 3.05) is 7.11 Å². The number of H-pyrrole nitrogens is 1. The lowest BCUT2D eigenvalue weighted by Crippen LogP contribution is -2.22. The highest BCUT2D eigenvalue weighted by molar-refractivity contribution is 7.98. The fourth-order valence-corrected chi connectivity index (χ4v) is 4.68. The summed E-state index contributed by atoms with van der Waals surface area (Å²) in [6.07, 6.45) is 0. The number of hydrogen-bond donors (Lipinski definition) is 1. The molecule has 0 aliphatic carbocycles. The summed E-state index contributed by atoms with van der Waals surface area (Å²) in [5.74, 6) is 0.722. The molecule has 0 spiro atoms. The minimum Gasteiger partial charge on any atom is -0.465 e. The fraction of sp³-hybridized carbons (Fsp3) is 0.227. The topological polar surface area (TPSA) is 137 Å². The summed E-state index contributed by atoms with van der Waals surface area (Å²) in [5.41, 5.74) is 0.894. The molecule has 0 bridgehead atoms. The number of esters is 1. The van der Waals surface area contributed by atoms with E-state index in [1.54, 1.807) is 17.6 Å². The zero-order chi connectivity index (χ0) is 24.0. The summed E-state index contributed by atoms with van der Waals surface area (Å²) in [4.78, 5) is 49.2. The quantitative estimate of drug-likeness (QED) is 0.229. The van der Waals surface area contributed by atoms with Gasteiger partial charge in [0.05, 0.1) is 34.7 Å². The second-order valence-electron chi connectivity index (χ2n) is 7.48. The van der Waals surface area contributed by atoms with Gasteiger partial charge in [-0.1, -0.05) is 23.9 Å². The number of fused-ring (bicyclic) bond motifs is 4. The second kappa shape index (κ2) is 8.37. The number of methoxy groups -OCH3 is 1. The van der Waals surface area contributed by atoms with E-state index in [-0.39, 0.29) is 22.2 Å². The SMILES string of the molecule is CCn1c(=O)c2ccccc2n2c(CSc3nc4nc(C)cc(C(=O)OC)c4c(=O)[nH]3)nnc12. The van der Waals surface area contributed by atoms with Gasteiger partial charge in [-0.2, -0.15) is 0 Å². The van der Waals surface area contributed by atoms with Gasteiger partial charge in [0.2, 0.25) is 5.78 Å². The number of ether oxygens (including phenoxy) is 1. The maximum absolute atomic E-state index is 12.8. The normalized spacial score (nSPS) is 11.5. The van der Waals surface area contributed by atoms with Crippen LogP contribution in [0.5, 0.6) is 0 Å². The molecule has 5 aromatic rings. The molecule has 0 saturated heterocycles. The molecule has 4 aromatic heterocycles. The van der Waals surface area contributed by atoms with Gasteiger partial charge in [0.1, 0.15) is 5.82 Å². The van der Waals surface area contributed by atoms with E-state index in [4.69, 9.17) is 4.74 Å². The molecule has 12 heteroatoms. The van der Waals surface area contributed by atoms with E-state index in [9.17, 15) is 14.4 Å². The number of nitrogens with one attached hydrogen (secondary N) is 1. The van der Waals surface area contributed by atoms with Crippen molar-refractivity contribution < 1.29 is 9.53 Å². The van der Waals surface area contributed by atoms with Gasteiger partial charge >= 0.3 is 5.97 Å². The third-order valence-corrected chi connectivity index (χ3v) is 6.29. The van der Waals surface area contributed by atoms with Crippen molar-refractivity contribution in [1.82, 2.24) is 34.1 Å². The maximum atomic E-state index is 12.8. The van der Waals surface area contributed by atoms with Crippen LogP contribution in [0, 0.1) is 6.92 Å². The monoisotopic (exact) mass is 477 g/mol. The van der Waals surface area contributed by atoms with Gasteiger partial charge in [-0.25, -0.2) is 14.8 Å². The average Bonchev–Trinajstić information content (AvgIpc) is 3.25. The molecule has 0 aliphatic rings. The van der Waals surface area contributed by atoms with Crippen LogP contribution < -0.4 is 11.1 Å². The number of carbonyl (C=O) groups excluding carboxylic acids is 1. The van der Waals surface area contributed by atoms with Crippen LogP contribution in [0.1, 0.15) is 28.8 Å². The largest absolute Gasteiger partial charge is 0.465 e. The molecule has 0 radical (unpaired) electrons. The van der Waals surface area contributed by atoms with Gasteiger partial charge < -0.3 is 9.72 Å². The predicted molar refractivity (Wildman–Crippen MR) is 126 cm³/mol. The van der Waals surface area contributed by atoms with Gasteiger partial charge in [0, 0.05) is 12.2 Å². The van der Waals surface area contributed by atoms with E-state index in [1.807, 2.05) is 29.5 Å². The second-order valence-corrected chi connectivity index (χ2v) is 8.44. The average molecular weight is 478 g/mol. The third kappa shape index (κ3) is 3.43. The van der Waals surface area contributed by atoms with Crippen LogP contribution in [0.2, 0.25) is 0 Å². The summed E-state index contributed by atoms with van der Waals surface area (Å²) < 4.78 is 8.20. The Kier molecular flexibility index (Phi) is 5.36. The first-order valence-corrected chi connectivity index (χ1v) is 11.4. The number of nitrogens with zero attached hydrogens (tertiary/aromatic N) is 6. The molecule has 0 unspecified atom stereocenters.